The average molecular weight is 448 g/mol. The number of nitrogens with one attached hydrogen (secondary N) is 1. The van der Waals surface area contributed by atoms with E-state index in [1.165, 1.54) is 0 Å². The average Bonchev–Trinajstić information content (AvgIpc) is 2.45. The molecule has 3 N–H and O–H groups in total. The first-order valence-electron chi connectivity index (χ1n) is 6.77. The topological polar surface area (TPSA) is 72.2 Å². The third-order valence-electron chi connectivity index (χ3n) is 3.21. The Balaban J connectivity index is 2.22. The number of rotatable bonds is 5. The SMILES string of the molecule is NC(=O)[C@@H](Cc1cccc(I)c1)NC(=O)c1c(F)cc(F)cc1F. The van der Waals surface area contributed by atoms with Gasteiger partial charge in [-0.25, -0.2) is 13.2 Å². The van der Waals surface area contributed by atoms with E-state index in [1.807, 2.05) is 6.07 Å². The highest BCUT2D eigenvalue weighted by Gasteiger charge is 2.24. The number of nitrogens with two attached hydrogens (primary N) is 1. The molecule has 0 saturated carbocycles. The molecule has 0 aliphatic carbocycles. The lowest BCUT2D eigenvalue weighted by Gasteiger charge is -2.16. The molecule has 126 valence electrons. The third-order valence-corrected chi connectivity index (χ3v) is 3.88. The lowest BCUT2D eigenvalue weighted by Crippen LogP contribution is -2.46. The van der Waals surface area contributed by atoms with Crippen LogP contribution in [0.5, 0.6) is 0 Å². The van der Waals surface area contributed by atoms with Crippen molar-refractivity contribution in [1.82, 2.24) is 5.32 Å². The number of halogens is 4. The minimum Gasteiger partial charge on any atom is -0.368 e. The van der Waals surface area contributed by atoms with E-state index in [2.05, 4.69) is 27.9 Å². The molecule has 0 bridgehead atoms. The lowest BCUT2D eigenvalue weighted by atomic mass is 10.0. The Morgan fingerprint density at radius 2 is 1.75 bits per heavy atom. The van der Waals surface area contributed by atoms with E-state index >= 15 is 0 Å². The largest absolute Gasteiger partial charge is 0.368 e. The molecule has 2 aromatic carbocycles. The summed E-state index contributed by atoms with van der Waals surface area (Å²) in [5.74, 6) is -5.90. The number of carbonyl (C=O) groups excluding carboxylic acids is 2. The number of hydrogen-bond acceptors (Lipinski definition) is 2. The number of hydrogen-bond donors (Lipinski definition) is 2. The summed E-state index contributed by atoms with van der Waals surface area (Å²) in [6.07, 6.45) is 0.0579. The van der Waals surface area contributed by atoms with Gasteiger partial charge in [-0.2, -0.15) is 0 Å². The number of carbonyl (C=O) groups is 2. The molecule has 0 fully saturated rings. The van der Waals surface area contributed by atoms with E-state index in [1.54, 1.807) is 18.2 Å². The Hall–Kier alpha value is -2.10. The van der Waals surface area contributed by atoms with E-state index in [0.717, 1.165) is 3.57 Å². The van der Waals surface area contributed by atoms with Crippen LogP contribution in [0.15, 0.2) is 36.4 Å². The first-order valence-corrected chi connectivity index (χ1v) is 7.85. The van der Waals surface area contributed by atoms with Gasteiger partial charge in [0.05, 0.1) is 0 Å². The second-order valence-corrected chi connectivity index (χ2v) is 6.25. The second-order valence-electron chi connectivity index (χ2n) is 5.01. The smallest absolute Gasteiger partial charge is 0.257 e. The fraction of sp³-hybridized carbons (Fsp3) is 0.125. The van der Waals surface area contributed by atoms with Crippen LogP contribution in [0.3, 0.4) is 0 Å². The molecule has 2 aromatic rings. The van der Waals surface area contributed by atoms with Crippen molar-refractivity contribution in [3.63, 3.8) is 0 Å². The van der Waals surface area contributed by atoms with E-state index in [-0.39, 0.29) is 6.42 Å². The molecule has 0 heterocycles. The van der Waals surface area contributed by atoms with Gasteiger partial charge in [-0.05, 0) is 40.3 Å². The van der Waals surface area contributed by atoms with Crippen LogP contribution in [0.4, 0.5) is 13.2 Å². The molecule has 0 unspecified atom stereocenters. The first-order chi connectivity index (χ1) is 11.3. The molecule has 0 aromatic heterocycles. The molecule has 0 radical (unpaired) electrons. The molecule has 2 amide bonds. The van der Waals surface area contributed by atoms with Crippen LogP contribution in [0.1, 0.15) is 15.9 Å². The van der Waals surface area contributed by atoms with Gasteiger partial charge in [0, 0.05) is 22.1 Å². The summed E-state index contributed by atoms with van der Waals surface area (Å²) < 4.78 is 41.1. The van der Waals surface area contributed by atoms with Crippen molar-refractivity contribution in [1.29, 1.82) is 0 Å². The molecule has 1 atom stereocenters. The fourth-order valence-electron chi connectivity index (χ4n) is 2.11. The van der Waals surface area contributed by atoms with Crippen molar-refractivity contribution in [3.8, 4) is 0 Å². The maximum absolute atomic E-state index is 13.6. The van der Waals surface area contributed by atoms with Crippen LogP contribution in [0.2, 0.25) is 0 Å². The zero-order chi connectivity index (χ0) is 17.9. The van der Waals surface area contributed by atoms with Gasteiger partial charge in [-0.1, -0.05) is 12.1 Å². The Morgan fingerprint density at radius 3 is 2.29 bits per heavy atom. The molecule has 0 spiro atoms. The van der Waals surface area contributed by atoms with Crippen molar-refractivity contribution in [2.75, 3.05) is 0 Å². The predicted octanol–water partition coefficient (Wildman–Crippen LogP) is 2.53. The summed E-state index contributed by atoms with van der Waals surface area (Å²) in [5, 5.41) is 2.18. The summed E-state index contributed by atoms with van der Waals surface area (Å²) >= 11 is 2.08. The van der Waals surface area contributed by atoms with Crippen LogP contribution in [0, 0.1) is 21.0 Å². The molecular weight excluding hydrogens is 436 g/mol. The van der Waals surface area contributed by atoms with Crippen molar-refractivity contribution in [2.45, 2.75) is 12.5 Å². The van der Waals surface area contributed by atoms with Gasteiger partial charge in [0.25, 0.3) is 5.91 Å². The van der Waals surface area contributed by atoms with Gasteiger partial charge in [0.2, 0.25) is 5.91 Å². The third kappa shape index (κ3) is 4.47. The van der Waals surface area contributed by atoms with E-state index in [9.17, 15) is 22.8 Å². The second kappa shape index (κ2) is 7.65. The van der Waals surface area contributed by atoms with E-state index in [4.69, 9.17) is 5.73 Å². The quantitative estimate of drug-likeness (QED) is 0.691. The predicted molar refractivity (Wildman–Crippen MR) is 89.6 cm³/mol. The standard InChI is InChI=1S/C16H12F3IN2O2/c17-9-6-11(18)14(12(19)7-9)16(24)22-13(15(21)23)5-8-2-1-3-10(20)4-8/h1-4,6-7,13H,5H2,(H2,21,23)(H,22,24)/t13-/m1/s1. The molecule has 24 heavy (non-hydrogen) atoms. The molecule has 0 saturated heterocycles. The van der Waals surface area contributed by atoms with Crippen LogP contribution < -0.4 is 11.1 Å². The fourth-order valence-corrected chi connectivity index (χ4v) is 2.72. The summed E-state index contributed by atoms with van der Waals surface area (Å²) in [6, 6.07) is 6.71. The van der Waals surface area contributed by atoms with Crippen LogP contribution in [-0.4, -0.2) is 17.9 Å². The highest BCUT2D eigenvalue weighted by molar-refractivity contribution is 14.1. The molecule has 0 aliphatic rings. The highest BCUT2D eigenvalue weighted by Crippen LogP contribution is 2.15. The van der Waals surface area contributed by atoms with Gasteiger partial charge in [0.15, 0.2) is 0 Å². The monoisotopic (exact) mass is 448 g/mol. The van der Waals surface area contributed by atoms with Gasteiger partial charge in [0.1, 0.15) is 29.1 Å². The normalized spacial score (nSPS) is 11.8. The minimum atomic E-state index is -1.36. The van der Waals surface area contributed by atoms with Crippen LogP contribution in [-0.2, 0) is 11.2 Å². The maximum atomic E-state index is 13.6. The first kappa shape index (κ1) is 18.2. The van der Waals surface area contributed by atoms with E-state index in [0.29, 0.717) is 17.7 Å². The zero-order valence-corrected chi connectivity index (χ0v) is 14.3. The number of amides is 2. The molecule has 8 heteroatoms. The van der Waals surface area contributed by atoms with Gasteiger partial charge < -0.3 is 11.1 Å². The van der Waals surface area contributed by atoms with Crippen molar-refractivity contribution >= 4 is 34.4 Å². The summed E-state index contributed by atoms with van der Waals surface area (Å²) in [7, 11) is 0. The molecule has 0 aliphatic heterocycles. The van der Waals surface area contributed by atoms with Gasteiger partial charge in [-0.15, -0.1) is 0 Å². The van der Waals surface area contributed by atoms with Crippen molar-refractivity contribution < 1.29 is 22.8 Å². The van der Waals surface area contributed by atoms with Crippen molar-refractivity contribution in [2.24, 2.45) is 5.73 Å². The molecule has 2 rings (SSSR count). The van der Waals surface area contributed by atoms with Crippen molar-refractivity contribution in [3.05, 3.63) is 68.5 Å². The van der Waals surface area contributed by atoms with Gasteiger partial charge in [-0.3, -0.25) is 9.59 Å². The molecule has 4 nitrogen and oxygen atoms in total. The number of benzene rings is 2. The summed E-state index contributed by atoms with van der Waals surface area (Å²) in [6.45, 7) is 0. The Kier molecular flexibility index (Phi) is 5.81. The zero-order valence-electron chi connectivity index (χ0n) is 12.2. The van der Waals surface area contributed by atoms with E-state index < -0.39 is 40.9 Å². The lowest BCUT2D eigenvalue weighted by molar-refractivity contribution is -0.119. The Labute approximate surface area is 149 Å². The summed E-state index contributed by atoms with van der Waals surface area (Å²) in [4.78, 5) is 23.6. The highest BCUT2D eigenvalue weighted by atomic mass is 127. The summed E-state index contributed by atoms with van der Waals surface area (Å²) in [5.41, 5.74) is 4.99. The molecular formula is C16H12F3IN2O2. The minimum absolute atomic E-state index is 0.0579. The van der Waals surface area contributed by atoms with Crippen LogP contribution >= 0.6 is 22.6 Å². The Bertz CT molecular complexity index is 776. The maximum Gasteiger partial charge on any atom is 0.257 e. The Morgan fingerprint density at radius 1 is 1.12 bits per heavy atom. The van der Waals surface area contributed by atoms with Gasteiger partial charge >= 0.3 is 0 Å². The number of primary amides is 1. The van der Waals surface area contributed by atoms with Crippen LogP contribution in [0.25, 0.3) is 0 Å².